The molecule has 0 bridgehead atoms. The summed E-state index contributed by atoms with van der Waals surface area (Å²) in [4.78, 5) is 22.4. The van der Waals surface area contributed by atoms with E-state index >= 15 is 0 Å². The van der Waals surface area contributed by atoms with Crippen molar-refractivity contribution in [3.8, 4) is 5.75 Å². The summed E-state index contributed by atoms with van der Waals surface area (Å²) in [6.45, 7) is 4.99. The SMILES string of the molecule is CCC(=O)c1cc(C)ccc1OC(C)=O. The van der Waals surface area contributed by atoms with Gasteiger partial charge in [0.2, 0.25) is 0 Å². The molecule has 0 amide bonds. The zero-order valence-electron chi connectivity index (χ0n) is 9.16. The van der Waals surface area contributed by atoms with Crippen molar-refractivity contribution in [1.29, 1.82) is 0 Å². The maximum Gasteiger partial charge on any atom is 0.308 e. The molecule has 0 unspecified atom stereocenters. The van der Waals surface area contributed by atoms with Crippen LogP contribution in [-0.4, -0.2) is 11.8 Å². The fraction of sp³-hybridized carbons (Fsp3) is 0.333. The lowest BCUT2D eigenvalue weighted by molar-refractivity contribution is -0.131. The molecular formula is C12H14O3. The minimum absolute atomic E-state index is 0.0186. The highest BCUT2D eigenvalue weighted by atomic mass is 16.5. The van der Waals surface area contributed by atoms with E-state index in [-0.39, 0.29) is 5.78 Å². The Morgan fingerprint density at radius 2 is 2.00 bits per heavy atom. The normalized spacial score (nSPS) is 9.80. The van der Waals surface area contributed by atoms with Crippen LogP contribution in [0.2, 0.25) is 0 Å². The Balaban J connectivity index is 3.14. The van der Waals surface area contributed by atoms with Gasteiger partial charge in [0, 0.05) is 13.3 Å². The number of ether oxygens (including phenoxy) is 1. The van der Waals surface area contributed by atoms with E-state index in [0.717, 1.165) is 5.56 Å². The molecule has 1 aromatic carbocycles. The topological polar surface area (TPSA) is 43.4 Å². The molecule has 0 radical (unpaired) electrons. The maximum atomic E-state index is 11.6. The summed E-state index contributed by atoms with van der Waals surface area (Å²) in [5.41, 5.74) is 1.45. The predicted molar refractivity (Wildman–Crippen MR) is 57.1 cm³/mol. The second kappa shape index (κ2) is 4.73. The van der Waals surface area contributed by atoms with E-state index in [4.69, 9.17) is 4.74 Å². The molecule has 0 aliphatic carbocycles. The first-order chi connectivity index (χ1) is 7.04. The first kappa shape index (κ1) is 11.4. The van der Waals surface area contributed by atoms with Crippen LogP contribution in [0.15, 0.2) is 18.2 Å². The fourth-order valence-electron chi connectivity index (χ4n) is 1.30. The molecule has 0 N–H and O–H groups in total. The summed E-state index contributed by atoms with van der Waals surface area (Å²) >= 11 is 0. The third-order valence-corrected chi connectivity index (χ3v) is 2.01. The molecule has 0 saturated carbocycles. The standard InChI is InChI=1S/C12H14O3/c1-4-11(14)10-7-8(2)5-6-12(10)15-9(3)13/h5-7H,4H2,1-3H3. The Morgan fingerprint density at radius 3 is 2.53 bits per heavy atom. The molecule has 0 atom stereocenters. The van der Waals surface area contributed by atoms with Crippen LogP contribution in [0.4, 0.5) is 0 Å². The molecule has 15 heavy (non-hydrogen) atoms. The summed E-state index contributed by atoms with van der Waals surface area (Å²) < 4.78 is 4.96. The van der Waals surface area contributed by atoms with Crippen molar-refractivity contribution in [2.24, 2.45) is 0 Å². The van der Waals surface area contributed by atoms with Gasteiger partial charge in [-0.25, -0.2) is 0 Å². The summed E-state index contributed by atoms with van der Waals surface area (Å²) in [6.07, 6.45) is 0.401. The fourth-order valence-corrected chi connectivity index (χ4v) is 1.30. The first-order valence-corrected chi connectivity index (χ1v) is 4.87. The second-order valence-electron chi connectivity index (χ2n) is 3.37. The molecule has 0 spiro atoms. The Hall–Kier alpha value is -1.64. The molecule has 80 valence electrons. The van der Waals surface area contributed by atoms with E-state index < -0.39 is 5.97 Å². The van der Waals surface area contributed by atoms with Crippen LogP contribution in [-0.2, 0) is 4.79 Å². The monoisotopic (exact) mass is 206 g/mol. The number of hydrogen-bond acceptors (Lipinski definition) is 3. The molecular weight excluding hydrogens is 192 g/mol. The van der Waals surface area contributed by atoms with Gasteiger partial charge in [0.05, 0.1) is 5.56 Å². The van der Waals surface area contributed by atoms with E-state index in [9.17, 15) is 9.59 Å². The van der Waals surface area contributed by atoms with Gasteiger partial charge in [-0.3, -0.25) is 9.59 Å². The Labute approximate surface area is 89.1 Å². The smallest absolute Gasteiger partial charge is 0.308 e. The highest BCUT2D eigenvalue weighted by Crippen LogP contribution is 2.21. The van der Waals surface area contributed by atoms with Gasteiger partial charge in [0.1, 0.15) is 5.75 Å². The predicted octanol–water partition coefficient (Wildman–Crippen LogP) is 2.51. The van der Waals surface area contributed by atoms with Crippen LogP contribution in [0.5, 0.6) is 5.75 Å². The highest BCUT2D eigenvalue weighted by Gasteiger charge is 2.12. The largest absolute Gasteiger partial charge is 0.426 e. The maximum absolute atomic E-state index is 11.6. The molecule has 0 aromatic heterocycles. The lowest BCUT2D eigenvalue weighted by atomic mass is 10.1. The van der Waals surface area contributed by atoms with Crippen LogP contribution < -0.4 is 4.74 Å². The van der Waals surface area contributed by atoms with Crippen LogP contribution >= 0.6 is 0 Å². The van der Waals surface area contributed by atoms with Crippen molar-refractivity contribution < 1.29 is 14.3 Å². The van der Waals surface area contributed by atoms with Gasteiger partial charge < -0.3 is 4.74 Å². The van der Waals surface area contributed by atoms with E-state index in [1.54, 1.807) is 19.1 Å². The van der Waals surface area contributed by atoms with Crippen molar-refractivity contribution in [2.45, 2.75) is 27.2 Å². The summed E-state index contributed by atoms with van der Waals surface area (Å²) in [5.74, 6) is -0.0843. The minimum Gasteiger partial charge on any atom is -0.426 e. The van der Waals surface area contributed by atoms with Gasteiger partial charge in [-0.2, -0.15) is 0 Å². The third kappa shape index (κ3) is 2.91. The molecule has 0 aliphatic heterocycles. The van der Waals surface area contributed by atoms with Crippen LogP contribution in [0.1, 0.15) is 36.2 Å². The van der Waals surface area contributed by atoms with E-state index in [1.807, 2.05) is 13.0 Å². The van der Waals surface area contributed by atoms with Gasteiger partial charge in [0.15, 0.2) is 5.78 Å². The van der Waals surface area contributed by atoms with Crippen molar-refractivity contribution in [1.82, 2.24) is 0 Å². The minimum atomic E-state index is -0.413. The molecule has 0 fully saturated rings. The van der Waals surface area contributed by atoms with Gasteiger partial charge in [-0.15, -0.1) is 0 Å². The summed E-state index contributed by atoms with van der Waals surface area (Å²) in [7, 11) is 0. The van der Waals surface area contributed by atoms with E-state index in [1.165, 1.54) is 6.92 Å². The van der Waals surface area contributed by atoms with Gasteiger partial charge in [0.25, 0.3) is 0 Å². The average molecular weight is 206 g/mol. The first-order valence-electron chi connectivity index (χ1n) is 4.87. The van der Waals surface area contributed by atoms with Crippen molar-refractivity contribution in [3.05, 3.63) is 29.3 Å². The van der Waals surface area contributed by atoms with Gasteiger partial charge >= 0.3 is 5.97 Å². The lowest BCUT2D eigenvalue weighted by Crippen LogP contribution is -2.07. The zero-order chi connectivity index (χ0) is 11.4. The van der Waals surface area contributed by atoms with Gasteiger partial charge in [-0.1, -0.05) is 18.6 Å². The van der Waals surface area contributed by atoms with E-state index in [0.29, 0.717) is 17.7 Å². The molecule has 1 aromatic rings. The number of carbonyl (C=O) groups excluding carboxylic acids is 2. The molecule has 0 heterocycles. The van der Waals surface area contributed by atoms with Crippen LogP contribution in [0.25, 0.3) is 0 Å². The molecule has 1 rings (SSSR count). The van der Waals surface area contributed by atoms with Crippen LogP contribution in [0.3, 0.4) is 0 Å². The van der Waals surface area contributed by atoms with Gasteiger partial charge in [-0.05, 0) is 19.1 Å². The molecule has 0 saturated heterocycles. The number of benzene rings is 1. The highest BCUT2D eigenvalue weighted by molar-refractivity contribution is 5.99. The van der Waals surface area contributed by atoms with Crippen molar-refractivity contribution in [3.63, 3.8) is 0 Å². The van der Waals surface area contributed by atoms with Crippen LogP contribution in [0, 0.1) is 6.92 Å². The van der Waals surface area contributed by atoms with E-state index in [2.05, 4.69) is 0 Å². The quantitative estimate of drug-likeness (QED) is 0.433. The number of hydrogen-bond donors (Lipinski definition) is 0. The molecule has 3 heteroatoms. The summed E-state index contributed by atoms with van der Waals surface area (Å²) in [5, 5.41) is 0. The lowest BCUT2D eigenvalue weighted by Gasteiger charge is -2.07. The Kier molecular flexibility index (Phi) is 3.61. The Morgan fingerprint density at radius 1 is 1.33 bits per heavy atom. The number of rotatable bonds is 3. The number of Topliss-reactive ketones (excluding diaryl/α,β-unsaturated/α-hetero) is 1. The van der Waals surface area contributed by atoms with Crippen molar-refractivity contribution in [2.75, 3.05) is 0 Å². The third-order valence-electron chi connectivity index (χ3n) is 2.01. The summed E-state index contributed by atoms with van der Waals surface area (Å²) in [6, 6.07) is 5.20. The second-order valence-corrected chi connectivity index (χ2v) is 3.37. The van der Waals surface area contributed by atoms with Crippen molar-refractivity contribution >= 4 is 11.8 Å². The Bertz CT molecular complexity index is 394. The zero-order valence-corrected chi connectivity index (χ0v) is 9.16. The number of carbonyl (C=O) groups is 2. The number of esters is 1. The number of aryl methyl sites for hydroxylation is 1. The number of ketones is 1. The molecule has 3 nitrogen and oxygen atoms in total. The average Bonchev–Trinajstić information content (AvgIpc) is 2.19. The molecule has 0 aliphatic rings.